The minimum absolute atomic E-state index is 0.0528. The van der Waals surface area contributed by atoms with Crippen molar-refractivity contribution in [2.45, 2.75) is 18.6 Å². The molecule has 1 fully saturated rings. The summed E-state index contributed by atoms with van der Waals surface area (Å²) in [6.07, 6.45) is 1.93. The van der Waals surface area contributed by atoms with Crippen LogP contribution >= 0.6 is 0 Å². The van der Waals surface area contributed by atoms with Crippen molar-refractivity contribution in [2.75, 3.05) is 6.61 Å². The Hall–Kier alpha value is -2.04. The van der Waals surface area contributed by atoms with E-state index in [-0.39, 0.29) is 6.61 Å². The quantitative estimate of drug-likeness (QED) is 0.826. The molecule has 0 aromatic heterocycles. The molecule has 0 aliphatic heterocycles. The molecule has 2 aromatic carbocycles. The Balaban J connectivity index is 1.51. The Labute approximate surface area is 140 Å². The van der Waals surface area contributed by atoms with Crippen LogP contribution in [0.25, 0.3) is 6.08 Å². The predicted octanol–water partition coefficient (Wildman–Crippen LogP) is 4.16. The Bertz CT molecular complexity index is 671. The second kappa shape index (κ2) is 7.24. The summed E-state index contributed by atoms with van der Waals surface area (Å²) in [5.41, 5.74) is 1.82. The fourth-order valence-electron chi connectivity index (χ4n) is 2.87. The number of aliphatic hydroxyl groups is 1. The van der Waals surface area contributed by atoms with Gasteiger partial charge in [0.1, 0.15) is 0 Å². The van der Waals surface area contributed by atoms with Crippen molar-refractivity contribution >= 4 is 6.08 Å². The number of aliphatic hydroxyl groups excluding tert-OH is 1. The Morgan fingerprint density at radius 3 is 2.33 bits per heavy atom. The first-order valence-electron chi connectivity index (χ1n) is 8.00. The Morgan fingerprint density at radius 2 is 1.67 bits per heavy atom. The first-order chi connectivity index (χ1) is 11.6. The van der Waals surface area contributed by atoms with E-state index in [1.807, 2.05) is 60.7 Å². The zero-order chi connectivity index (χ0) is 17.0. The number of hydrogen-bond acceptors (Lipinski definition) is 2. The highest BCUT2D eigenvalue weighted by Gasteiger charge is 2.70. The van der Waals surface area contributed by atoms with E-state index in [1.165, 1.54) is 6.08 Å². The summed E-state index contributed by atoms with van der Waals surface area (Å²) in [7, 11) is 0. The van der Waals surface area contributed by atoms with E-state index >= 15 is 0 Å². The van der Waals surface area contributed by atoms with Gasteiger partial charge in [-0.3, -0.25) is 0 Å². The van der Waals surface area contributed by atoms with E-state index < -0.39 is 23.9 Å². The largest absolute Gasteiger partial charge is 0.388 e. The molecule has 0 amide bonds. The SMILES string of the molecule is OC(/C=C/c1ccccc1)[C@@H]1[C@@H](COCc2ccccc2)C1(F)F. The van der Waals surface area contributed by atoms with Gasteiger partial charge in [0.25, 0.3) is 5.92 Å². The second-order valence-electron chi connectivity index (χ2n) is 6.07. The van der Waals surface area contributed by atoms with E-state index in [0.29, 0.717) is 6.61 Å². The van der Waals surface area contributed by atoms with E-state index in [9.17, 15) is 13.9 Å². The first-order valence-corrected chi connectivity index (χ1v) is 8.00. The van der Waals surface area contributed by atoms with Crippen LogP contribution in [0.1, 0.15) is 11.1 Å². The van der Waals surface area contributed by atoms with Gasteiger partial charge in [0.05, 0.1) is 31.2 Å². The van der Waals surface area contributed by atoms with E-state index in [1.54, 1.807) is 6.08 Å². The van der Waals surface area contributed by atoms with Gasteiger partial charge >= 0.3 is 0 Å². The lowest BCUT2D eigenvalue weighted by Crippen LogP contribution is -2.11. The van der Waals surface area contributed by atoms with E-state index in [4.69, 9.17) is 4.74 Å². The van der Waals surface area contributed by atoms with Crippen LogP contribution in [-0.4, -0.2) is 23.7 Å². The minimum atomic E-state index is -2.88. The molecule has 0 spiro atoms. The second-order valence-corrected chi connectivity index (χ2v) is 6.07. The fourth-order valence-corrected chi connectivity index (χ4v) is 2.87. The molecule has 2 aromatic rings. The molecule has 1 aliphatic rings. The summed E-state index contributed by atoms with van der Waals surface area (Å²) in [4.78, 5) is 0. The average Bonchev–Trinajstić information content (AvgIpc) is 3.15. The lowest BCUT2D eigenvalue weighted by atomic mass is 10.1. The monoisotopic (exact) mass is 330 g/mol. The van der Waals surface area contributed by atoms with Gasteiger partial charge in [-0.15, -0.1) is 0 Å². The van der Waals surface area contributed by atoms with Crippen LogP contribution in [0.2, 0.25) is 0 Å². The van der Waals surface area contributed by atoms with Crippen LogP contribution in [-0.2, 0) is 11.3 Å². The third-order valence-electron chi connectivity index (χ3n) is 4.33. The van der Waals surface area contributed by atoms with Gasteiger partial charge < -0.3 is 9.84 Å². The molecule has 24 heavy (non-hydrogen) atoms. The van der Waals surface area contributed by atoms with Crippen molar-refractivity contribution in [3.05, 3.63) is 77.9 Å². The molecule has 1 aliphatic carbocycles. The lowest BCUT2D eigenvalue weighted by molar-refractivity contribution is 0.0395. The molecule has 4 heteroatoms. The van der Waals surface area contributed by atoms with Gasteiger partial charge in [-0.1, -0.05) is 72.8 Å². The van der Waals surface area contributed by atoms with Crippen molar-refractivity contribution in [1.29, 1.82) is 0 Å². The van der Waals surface area contributed by atoms with Crippen LogP contribution in [0.15, 0.2) is 66.7 Å². The Morgan fingerprint density at radius 1 is 1.04 bits per heavy atom. The summed E-state index contributed by atoms with van der Waals surface area (Å²) in [6, 6.07) is 18.7. The van der Waals surface area contributed by atoms with Crippen molar-refractivity contribution in [3.63, 3.8) is 0 Å². The molecular weight excluding hydrogens is 310 g/mol. The maximum absolute atomic E-state index is 13.9. The van der Waals surface area contributed by atoms with Gasteiger partial charge in [0.15, 0.2) is 0 Å². The first kappa shape index (κ1) is 16.8. The number of ether oxygens (including phenoxy) is 1. The lowest BCUT2D eigenvalue weighted by Gasteiger charge is -2.05. The molecular formula is C20H20F2O2. The molecule has 2 nitrogen and oxygen atoms in total. The highest BCUT2D eigenvalue weighted by molar-refractivity contribution is 5.49. The van der Waals surface area contributed by atoms with Crippen LogP contribution < -0.4 is 0 Å². The highest BCUT2D eigenvalue weighted by atomic mass is 19.3. The summed E-state index contributed by atoms with van der Waals surface area (Å²) < 4.78 is 33.2. The molecule has 1 saturated carbocycles. The summed E-state index contributed by atoms with van der Waals surface area (Å²) >= 11 is 0. The molecule has 3 rings (SSSR count). The highest BCUT2D eigenvalue weighted by Crippen LogP contribution is 2.57. The minimum Gasteiger partial charge on any atom is -0.388 e. The molecule has 0 heterocycles. The van der Waals surface area contributed by atoms with Gasteiger partial charge in [0, 0.05) is 0 Å². The number of hydrogen-bond donors (Lipinski definition) is 1. The topological polar surface area (TPSA) is 29.5 Å². The third-order valence-corrected chi connectivity index (χ3v) is 4.33. The van der Waals surface area contributed by atoms with Crippen LogP contribution in [0.5, 0.6) is 0 Å². The van der Waals surface area contributed by atoms with Gasteiger partial charge in [-0.25, -0.2) is 8.78 Å². The molecule has 0 saturated heterocycles. The third kappa shape index (κ3) is 3.89. The maximum Gasteiger partial charge on any atom is 0.259 e. The molecule has 0 bridgehead atoms. The summed E-state index contributed by atoms with van der Waals surface area (Å²) in [5, 5.41) is 10.1. The van der Waals surface area contributed by atoms with Gasteiger partial charge in [-0.2, -0.15) is 0 Å². The zero-order valence-corrected chi connectivity index (χ0v) is 13.2. The fraction of sp³-hybridized carbons (Fsp3) is 0.300. The average molecular weight is 330 g/mol. The van der Waals surface area contributed by atoms with Gasteiger partial charge in [0.2, 0.25) is 0 Å². The van der Waals surface area contributed by atoms with Crippen molar-refractivity contribution in [1.82, 2.24) is 0 Å². The van der Waals surface area contributed by atoms with Crippen LogP contribution in [0.4, 0.5) is 8.78 Å². The van der Waals surface area contributed by atoms with Crippen molar-refractivity contribution < 1.29 is 18.6 Å². The number of alkyl halides is 2. The van der Waals surface area contributed by atoms with E-state index in [2.05, 4.69) is 0 Å². The molecule has 3 atom stereocenters. The predicted molar refractivity (Wildman–Crippen MR) is 89.5 cm³/mol. The Kier molecular flexibility index (Phi) is 5.07. The zero-order valence-electron chi connectivity index (χ0n) is 13.2. The molecule has 1 N–H and O–H groups in total. The number of halogens is 2. The number of benzene rings is 2. The van der Waals surface area contributed by atoms with Crippen molar-refractivity contribution in [3.8, 4) is 0 Å². The summed E-state index contributed by atoms with van der Waals surface area (Å²) in [6.45, 7) is 0.249. The smallest absolute Gasteiger partial charge is 0.259 e. The van der Waals surface area contributed by atoms with E-state index in [0.717, 1.165) is 11.1 Å². The standard InChI is InChI=1S/C20H20F2O2/c21-20(22)17(14-24-13-16-9-5-2-6-10-16)19(20)18(23)12-11-15-7-3-1-4-8-15/h1-12,17-19,23H,13-14H2/b12-11+/t17-,18?,19+/m1/s1. The maximum atomic E-state index is 13.9. The molecule has 0 radical (unpaired) electrons. The number of rotatable bonds is 7. The van der Waals surface area contributed by atoms with Crippen LogP contribution in [0.3, 0.4) is 0 Å². The normalized spacial score (nSPS) is 23.3. The van der Waals surface area contributed by atoms with Crippen molar-refractivity contribution in [2.24, 2.45) is 11.8 Å². The summed E-state index contributed by atoms with van der Waals surface area (Å²) in [5.74, 6) is -4.89. The van der Waals surface area contributed by atoms with Gasteiger partial charge in [-0.05, 0) is 11.1 Å². The van der Waals surface area contributed by atoms with Crippen LogP contribution in [0, 0.1) is 11.8 Å². The molecule has 126 valence electrons. The molecule has 1 unspecified atom stereocenters.